The van der Waals surface area contributed by atoms with Gasteiger partial charge in [-0.2, -0.15) is 18.4 Å². The van der Waals surface area contributed by atoms with E-state index >= 15 is 0 Å². The number of nitriles is 1. The van der Waals surface area contributed by atoms with Crippen LogP contribution >= 0.6 is 34.7 Å². The van der Waals surface area contributed by atoms with Gasteiger partial charge < -0.3 is 15.7 Å². The summed E-state index contributed by atoms with van der Waals surface area (Å²) in [6.45, 7) is 0. The van der Waals surface area contributed by atoms with Gasteiger partial charge in [0.2, 0.25) is 11.6 Å². The Morgan fingerprint density at radius 3 is 2.49 bits per heavy atom. The lowest BCUT2D eigenvalue weighted by molar-refractivity contribution is -0.383. The van der Waals surface area contributed by atoms with E-state index in [1.54, 1.807) is 0 Å². The fourth-order valence-corrected chi connectivity index (χ4v) is 6.25. The topological polar surface area (TPSA) is 145 Å². The number of nitro groups is 1. The van der Waals surface area contributed by atoms with Crippen molar-refractivity contribution >= 4 is 57.8 Å². The second kappa shape index (κ2) is 11.9. The molecule has 1 aliphatic rings. The number of carbonyl (C=O) groups is 2. The Balaban J connectivity index is 1.79. The number of benzene rings is 2. The summed E-state index contributed by atoms with van der Waals surface area (Å²) in [6, 6.07) is 15.6. The molecular formula is C26H18ClF3N4O5S2. The Morgan fingerprint density at radius 2 is 1.88 bits per heavy atom. The Labute approximate surface area is 243 Å². The lowest BCUT2D eigenvalue weighted by Crippen LogP contribution is -2.66. The largest absolute Gasteiger partial charge is 0.437 e. The minimum atomic E-state index is -5.43. The van der Waals surface area contributed by atoms with Crippen molar-refractivity contribution in [3.63, 3.8) is 0 Å². The van der Waals surface area contributed by atoms with Gasteiger partial charge in [0.25, 0.3) is 5.69 Å². The fourth-order valence-electron chi connectivity index (χ4n) is 4.39. The molecule has 2 heterocycles. The Hall–Kier alpha value is -3.90. The molecule has 4 rings (SSSR count). The molecule has 3 atom stereocenters. The lowest BCUT2D eigenvalue weighted by Gasteiger charge is -2.45. The summed E-state index contributed by atoms with van der Waals surface area (Å²) in [5.74, 6) is -6.43. The number of nitrogens with one attached hydrogen (secondary N) is 2. The summed E-state index contributed by atoms with van der Waals surface area (Å²) < 4.78 is 43.9. The number of halogens is 4. The highest BCUT2D eigenvalue weighted by Gasteiger charge is 2.66. The van der Waals surface area contributed by atoms with Crippen LogP contribution in [-0.2, 0) is 4.79 Å². The molecule has 3 N–H and O–H groups in total. The lowest BCUT2D eigenvalue weighted by atomic mass is 9.70. The van der Waals surface area contributed by atoms with Crippen LogP contribution in [0.4, 0.5) is 24.5 Å². The second-order valence-electron chi connectivity index (χ2n) is 8.67. The first-order chi connectivity index (χ1) is 19.4. The quantitative estimate of drug-likeness (QED) is 0.161. The van der Waals surface area contributed by atoms with E-state index in [1.807, 2.05) is 11.4 Å². The number of amides is 1. The summed E-state index contributed by atoms with van der Waals surface area (Å²) in [6.07, 6.45) is -5.43. The van der Waals surface area contributed by atoms with E-state index in [9.17, 15) is 43.2 Å². The molecule has 0 saturated heterocycles. The maximum atomic E-state index is 14.6. The molecule has 0 fully saturated rings. The molecule has 0 spiro atoms. The van der Waals surface area contributed by atoms with Crippen LogP contribution in [0.25, 0.3) is 0 Å². The summed E-state index contributed by atoms with van der Waals surface area (Å²) >= 11 is 7.67. The first-order valence-corrected chi connectivity index (χ1v) is 13.8. The molecule has 3 aromatic rings. The fraction of sp³-hybridized carbons (Fsp3) is 0.192. The van der Waals surface area contributed by atoms with Crippen molar-refractivity contribution in [2.45, 2.75) is 17.8 Å². The van der Waals surface area contributed by atoms with Crippen molar-refractivity contribution in [1.82, 2.24) is 5.32 Å². The zero-order chi connectivity index (χ0) is 29.9. The van der Waals surface area contributed by atoms with Crippen LogP contribution < -0.4 is 10.6 Å². The zero-order valence-corrected chi connectivity index (χ0v) is 22.9. The number of para-hydroxylation sites is 2. The van der Waals surface area contributed by atoms with Crippen LogP contribution in [0.5, 0.6) is 0 Å². The number of ketones is 1. The average molecular weight is 623 g/mol. The number of alkyl halides is 3. The number of hydrogen-bond donors (Lipinski definition) is 3. The molecule has 212 valence electrons. The van der Waals surface area contributed by atoms with Crippen LogP contribution in [0.3, 0.4) is 0 Å². The molecule has 0 saturated carbocycles. The normalized spacial score (nSPS) is 20.6. The van der Waals surface area contributed by atoms with Crippen LogP contribution in [0.1, 0.15) is 21.2 Å². The molecule has 1 amide bonds. The van der Waals surface area contributed by atoms with Crippen molar-refractivity contribution in [2.75, 3.05) is 11.1 Å². The van der Waals surface area contributed by atoms with Crippen LogP contribution in [-0.4, -0.2) is 39.4 Å². The highest BCUT2D eigenvalue weighted by molar-refractivity contribution is 8.03. The van der Waals surface area contributed by atoms with Crippen LogP contribution in [0.2, 0.25) is 5.02 Å². The summed E-state index contributed by atoms with van der Waals surface area (Å²) in [5, 5.41) is 37.8. The number of rotatable bonds is 8. The van der Waals surface area contributed by atoms with Gasteiger partial charge in [0.15, 0.2) is 5.78 Å². The standard InChI is InChI=1S/C26H18ClF3N4O5S2/c27-16-7-2-1-6-14(16)21-15(12-31)24(41-13-20(35)32-17-8-3-4-9-18(17)34(38)39)33-25(37,26(28,29)30)22(21)23(36)19-10-5-11-40-19/h1-11,21-22,33,37H,13H2,(H,32,35)/t21-,22-,25-/m1/s1. The number of thiophene rings is 1. The van der Waals surface area contributed by atoms with Crippen LogP contribution in [0, 0.1) is 27.4 Å². The van der Waals surface area contributed by atoms with Crippen LogP contribution in [0.15, 0.2) is 76.6 Å². The number of nitro benzene ring substituents is 1. The van der Waals surface area contributed by atoms with Crippen molar-refractivity contribution in [3.05, 3.63) is 102 Å². The molecular weight excluding hydrogens is 605 g/mol. The molecule has 0 aliphatic carbocycles. The predicted octanol–water partition coefficient (Wildman–Crippen LogP) is 5.85. The number of aliphatic hydroxyl groups is 1. The molecule has 1 aliphatic heterocycles. The molecule has 41 heavy (non-hydrogen) atoms. The van der Waals surface area contributed by atoms with Gasteiger partial charge in [0.1, 0.15) is 5.69 Å². The minimum absolute atomic E-state index is 0.00717. The molecule has 0 bridgehead atoms. The summed E-state index contributed by atoms with van der Waals surface area (Å²) in [7, 11) is 0. The molecule has 15 heteroatoms. The number of Topliss-reactive ketones (excluding diaryl/α,β-unsaturated/α-hetero) is 1. The number of nitrogens with zero attached hydrogens (tertiary/aromatic N) is 2. The van der Waals surface area contributed by atoms with Gasteiger partial charge in [0.05, 0.1) is 38.1 Å². The van der Waals surface area contributed by atoms with Gasteiger partial charge in [-0.15, -0.1) is 11.3 Å². The van der Waals surface area contributed by atoms with E-state index in [2.05, 4.69) is 5.32 Å². The SMILES string of the molecule is N#CC1=C(SCC(=O)Nc2ccccc2[N+](=O)[O-])N[C@](O)(C(F)(F)F)[C@@H](C(=O)c2cccs2)[C@@H]1c1ccccc1Cl. The maximum Gasteiger partial charge on any atom is 0.437 e. The van der Waals surface area contributed by atoms with E-state index in [4.69, 9.17) is 11.6 Å². The van der Waals surface area contributed by atoms with Crippen molar-refractivity contribution in [3.8, 4) is 6.07 Å². The molecule has 2 aromatic carbocycles. The van der Waals surface area contributed by atoms with Crippen molar-refractivity contribution < 1.29 is 32.8 Å². The first-order valence-electron chi connectivity index (χ1n) is 11.6. The maximum absolute atomic E-state index is 14.6. The average Bonchev–Trinajstić information content (AvgIpc) is 3.46. The van der Waals surface area contributed by atoms with Gasteiger partial charge in [-0.1, -0.05) is 59.8 Å². The van der Waals surface area contributed by atoms with Gasteiger partial charge in [-0.05, 0) is 29.1 Å². The Morgan fingerprint density at radius 1 is 1.20 bits per heavy atom. The number of carbonyl (C=O) groups excluding carboxylic acids is 2. The molecule has 9 nitrogen and oxygen atoms in total. The predicted molar refractivity (Wildman–Crippen MR) is 147 cm³/mol. The second-order valence-corrected chi connectivity index (χ2v) is 11.0. The van der Waals surface area contributed by atoms with E-state index < -0.39 is 56.8 Å². The van der Waals surface area contributed by atoms with Gasteiger partial charge >= 0.3 is 6.18 Å². The number of thioether (sulfide) groups is 1. The van der Waals surface area contributed by atoms with Gasteiger partial charge in [-0.25, -0.2) is 0 Å². The molecule has 0 radical (unpaired) electrons. The minimum Gasteiger partial charge on any atom is -0.363 e. The van der Waals surface area contributed by atoms with E-state index in [0.29, 0.717) is 11.8 Å². The monoisotopic (exact) mass is 622 g/mol. The van der Waals surface area contributed by atoms with Gasteiger partial charge in [-0.3, -0.25) is 19.7 Å². The van der Waals surface area contributed by atoms with E-state index in [-0.39, 0.29) is 26.7 Å². The zero-order valence-electron chi connectivity index (χ0n) is 20.5. The third-order valence-corrected chi connectivity index (χ3v) is 8.45. The number of allylic oxidation sites excluding steroid dienone is 1. The third kappa shape index (κ3) is 5.94. The third-order valence-electron chi connectivity index (χ3n) is 6.20. The molecule has 1 aromatic heterocycles. The van der Waals surface area contributed by atoms with E-state index in [0.717, 1.165) is 17.4 Å². The highest BCUT2D eigenvalue weighted by Crippen LogP contribution is 2.52. The van der Waals surface area contributed by atoms with Crippen molar-refractivity contribution in [1.29, 1.82) is 5.26 Å². The Kier molecular flexibility index (Phi) is 8.74. The molecule has 0 unspecified atom stereocenters. The number of hydrogen-bond acceptors (Lipinski definition) is 9. The first kappa shape index (κ1) is 30.1. The Bertz CT molecular complexity index is 1580. The summed E-state index contributed by atoms with van der Waals surface area (Å²) in [5.41, 5.74) is -4.78. The highest BCUT2D eigenvalue weighted by atomic mass is 35.5. The summed E-state index contributed by atoms with van der Waals surface area (Å²) in [4.78, 5) is 36.7. The number of anilines is 1. The van der Waals surface area contributed by atoms with E-state index in [1.165, 1.54) is 60.0 Å². The van der Waals surface area contributed by atoms with Gasteiger partial charge in [0, 0.05) is 17.0 Å². The smallest absolute Gasteiger partial charge is 0.363 e. The van der Waals surface area contributed by atoms with Crippen molar-refractivity contribution in [2.24, 2.45) is 5.92 Å².